The van der Waals surface area contributed by atoms with Crippen LogP contribution in [-0.2, 0) is 19.9 Å². The first-order valence-corrected chi connectivity index (χ1v) is 7.23. The predicted molar refractivity (Wildman–Crippen MR) is 78.0 cm³/mol. The fraction of sp³-hybridized carbons (Fsp3) is 0.588. The van der Waals surface area contributed by atoms with Crippen LogP contribution in [0, 0.1) is 11.3 Å². The number of benzene rings is 1. The summed E-state index contributed by atoms with van der Waals surface area (Å²) in [5.41, 5.74) is 0.144. The SMILES string of the molecule is CC[C@H]1C(=O)O[C@@H](C(C)(C)C)O[C@]1(C)c1ccccc1. The Labute approximate surface area is 121 Å². The Bertz CT molecular complexity index is 475. The molecule has 0 bridgehead atoms. The summed E-state index contributed by atoms with van der Waals surface area (Å²) in [6, 6.07) is 9.95. The van der Waals surface area contributed by atoms with Gasteiger partial charge in [-0.1, -0.05) is 58.0 Å². The molecule has 20 heavy (non-hydrogen) atoms. The van der Waals surface area contributed by atoms with Gasteiger partial charge in [-0.15, -0.1) is 0 Å². The summed E-state index contributed by atoms with van der Waals surface area (Å²) in [7, 11) is 0. The van der Waals surface area contributed by atoms with Crippen molar-refractivity contribution in [2.24, 2.45) is 11.3 Å². The number of hydrogen-bond acceptors (Lipinski definition) is 3. The van der Waals surface area contributed by atoms with Gasteiger partial charge in [0.2, 0.25) is 6.29 Å². The smallest absolute Gasteiger partial charge is 0.314 e. The van der Waals surface area contributed by atoms with Crippen LogP contribution in [0.3, 0.4) is 0 Å². The molecular formula is C17H24O3. The molecule has 3 heteroatoms. The van der Waals surface area contributed by atoms with Crippen LogP contribution in [0.25, 0.3) is 0 Å². The minimum Gasteiger partial charge on any atom is -0.435 e. The molecule has 0 unspecified atom stereocenters. The van der Waals surface area contributed by atoms with Crippen molar-refractivity contribution in [1.29, 1.82) is 0 Å². The molecule has 0 aliphatic carbocycles. The van der Waals surface area contributed by atoms with Gasteiger partial charge in [-0.2, -0.15) is 0 Å². The third-order valence-electron chi connectivity index (χ3n) is 3.99. The highest BCUT2D eigenvalue weighted by molar-refractivity contribution is 5.75. The molecule has 110 valence electrons. The quantitative estimate of drug-likeness (QED) is 0.769. The van der Waals surface area contributed by atoms with Gasteiger partial charge in [0, 0.05) is 5.41 Å². The van der Waals surface area contributed by atoms with E-state index in [2.05, 4.69) is 0 Å². The van der Waals surface area contributed by atoms with Crippen LogP contribution in [0.5, 0.6) is 0 Å². The van der Waals surface area contributed by atoms with Crippen molar-refractivity contribution in [1.82, 2.24) is 0 Å². The predicted octanol–water partition coefficient (Wildman–Crippen LogP) is 3.87. The van der Waals surface area contributed by atoms with E-state index in [-0.39, 0.29) is 17.3 Å². The molecule has 0 N–H and O–H groups in total. The lowest BCUT2D eigenvalue weighted by Gasteiger charge is -2.47. The average molecular weight is 276 g/mol. The van der Waals surface area contributed by atoms with Crippen molar-refractivity contribution < 1.29 is 14.3 Å². The lowest BCUT2D eigenvalue weighted by atomic mass is 9.79. The Hall–Kier alpha value is -1.35. The number of esters is 1. The van der Waals surface area contributed by atoms with Gasteiger partial charge in [-0.25, -0.2) is 0 Å². The Balaban J connectivity index is 2.43. The Morgan fingerprint density at radius 1 is 1.20 bits per heavy atom. The van der Waals surface area contributed by atoms with Crippen LogP contribution in [-0.4, -0.2) is 12.3 Å². The third kappa shape index (κ3) is 2.59. The van der Waals surface area contributed by atoms with Gasteiger partial charge in [0.05, 0.1) is 5.92 Å². The maximum Gasteiger partial charge on any atom is 0.314 e. The lowest BCUT2D eigenvalue weighted by molar-refractivity contribution is -0.290. The van der Waals surface area contributed by atoms with Crippen LogP contribution >= 0.6 is 0 Å². The molecule has 1 fully saturated rings. The van der Waals surface area contributed by atoms with E-state index in [9.17, 15) is 4.79 Å². The number of hydrogen-bond donors (Lipinski definition) is 0. The lowest BCUT2D eigenvalue weighted by Crippen LogP contribution is -2.53. The van der Waals surface area contributed by atoms with E-state index in [0.29, 0.717) is 6.42 Å². The normalized spacial score (nSPS) is 30.9. The fourth-order valence-electron chi connectivity index (χ4n) is 2.69. The van der Waals surface area contributed by atoms with Crippen molar-refractivity contribution in [2.45, 2.75) is 52.9 Å². The second kappa shape index (κ2) is 5.21. The molecule has 0 aromatic heterocycles. The summed E-state index contributed by atoms with van der Waals surface area (Å²) in [6.07, 6.45) is 0.171. The summed E-state index contributed by atoms with van der Waals surface area (Å²) >= 11 is 0. The summed E-state index contributed by atoms with van der Waals surface area (Å²) < 4.78 is 11.8. The monoisotopic (exact) mass is 276 g/mol. The summed E-state index contributed by atoms with van der Waals surface area (Å²) in [6.45, 7) is 10.0. The molecule has 0 spiro atoms. The maximum absolute atomic E-state index is 12.4. The van der Waals surface area contributed by atoms with E-state index in [0.717, 1.165) is 5.56 Å². The van der Waals surface area contributed by atoms with Crippen LogP contribution in [0.1, 0.15) is 46.6 Å². The molecule has 1 aromatic rings. The third-order valence-corrected chi connectivity index (χ3v) is 3.99. The van der Waals surface area contributed by atoms with E-state index in [1.807, 2.05) is 65.0 Å². The minimum atomic E-state index is -0.636. The number of carbonyl (C=O) groups is 1. The molecule has 3 atom stereocenters. The number of rotatable bonds is 2. The topological polar surface area (TPSA) is 35.5 Å². The first-order valence-electron chi connectivity index (χ1n) is 7.23. The first-order chi connectivity index (χ1) is 9.29. The first kappa shape index (κ1) is 15.0. The molecule has 1 aliphatic heterocycles. The summed E-state index contributed by atoms with van der Waals surface area (Å²) in [5.74, 6) is -0.437. The van der Waals surface area contributed by atoms with Crippen LogP contribution in [0.2, 0.25) is 0 Å². The molecule has 0 saturated carbocycles. The van der Waals surface area contributed by atoms with Gasteiger partial charge in [0.15, 0.2) is 0 Å². The fourth-order valence-corrected chi connectivity index (χ4v) is 2.69. The zero-order valence-corrected chi connectivity index (χ0v) is 13.0. The second-order valence-corrected chi connectivity index (χ2v) is 6.69. The Kier molecular flexibility index (Phi) is 3.92. The highest BCUT2D eigenvalue weighted by Crippen LogP contribution is 2.44. The molecule has 0 radical (unpaired) electrons. The van der Waals surface area contributed by atoms with Crippen molar-refractivity contribution in [3.05, 3.63) is 35.9 Å². The minimum absolute atomic E-state index is 0.162. The molecule has 1 saturated heterocycles. The van der Waals surface area contributed by atoms with Gasteiger partial charge in [0.25, 0.3) is 0 Å². The Morgan fingerprint density at radius 2 is 1.80 bits per heavy atom. The molecule has 3 nitrogen and oxygen atoms in total. The van der Waals surface area contributed by atoms with Crippen LogP contribution in [0.15, 0.2) is 30.3 Å². The molecular weight excluding hydrogens is 252 g/mol. The van der Waals surface area contributed by atoms with Crippen LogP contribution < -0.4 is 0 Å². The van der Waals surface area contributed by atoms with Gasteiger partial charge < -0.3 is 9.47 Å². The molecule has 2 rings (SSSR count). The molecule has 1 heterocycles. The van der Waals surface area contributed by atoms with E-state index in [4.69, 9.17) is 9.47 Å². The van der Waals surface area contributed by atoms with Gasteiger partial charge >= 0.3 is 5.97 Å². The van der Waals surface area contributed by atoms with Gasteiger partial charge in [-0.05, 0) is 18.9 Å². The van der Waals surface area contributed by atoms with Crippen molar-refractivity contribution in [2.75, 3.05) is 0 Å². The summed E-state index contributed by atoms with van der Waals surface area (Å²) in [5, 5.41) is 0. The maximum atomic E-state index is 12.4. The van der Waals surface area contributed by atoms with E-state index in [1.54, 1.807) is 0 Å². The highest BCUT2D eigenvalue weighted by atomic mass is 16.7. The number of carbonyl (C=O) groups excluding carboxylic acids is 1. The summed E-state index contributed by atoms with van der Waals surface area (Å²) in [4.78, 5) is 12.4. The molecule has 1 aliphatic rings. The van der Waals surface area contributed by atoms with Crippen molar-refractivity contribution in [3.8, 4) is 0 Å². The van der Waals surface area contributed by atoms with Crippen LogP contribution in [0.4, 0.5) is 0 Å². The zero-order chi connectivity index (χ0) is 15.0. The number of cyclic esters (lactones) is 1. The zero-order valence-electron chi connectivity index (χ0n) is 13.0. The van der Waals surface area contributed by atoms with E-state index >= 15 is 0 Å². The van der Waals surface area contributed by atoms with Crippen molar-refractivity contribution >= 4 is 5.97 Å². The molecule has 0 amide bonds. The Morgan fingerprint density at radius 3 is 2.30 bits per heavy atom. The number of ether oxygens (including phenoxy) is 2. The molecule has 1 aromatic carbocycles. The second-order valence-electron chi connectivity index (χ2n) is 6.69. The average Bonchev–Trinajstić information content (AvgIpc) is 2.38. The standard InChI is InChI=1S/C17H24O3/c1-6-13-14(18)19-15(16(2,3)4)20-17(13,5)12-10-8-7-9-11-12/h7-11,13,15H,6H2,1-5H3/t13-,15+,17+/m0/s1. The van der Waals surface area contributed by atoms with Crippen molar-refractivity contribution in [3.63, 3.8) is 0 Å². The van der Waals surface area contributed by atoms with E-state index < -0.39 is 11.9 Å². The van der Waals surface area contributed by atoms with Gasteiger partial charge in [0.1, 0.15) is 5.60 Å². The largest absolute Gasteiger partial charge is 0.435 e. The highest BCUT2D eigenvalue weighted by Gasteiger charge is 2.50. The van der Waals surface area contributed by atoms with E-state index in [1.165, 1.54) is 0 Å². The van der Waals surface area contributed by atoms with Gasteiger partial charge in [-0.3, -0.25) is 4.79 Å².